The number of carbonyl (C=O) groups is 2. The number of anilines is 1. The third-order valence-corrected chi connectivity index (χ3v) is 3.27. The van der Waals surface area contributed by atoms with E-state index in [0.29, 0.717) is 11.6 Å². The molecule has 1 fully saturated rings. The summed E-state index contributed by atoms with van der Waals surface area (Å²) >= 11 is 1.07. The molecule has 1 aliphatic rings. The molecule has 0 atom stereocenters. The molecule has 0 aromatic heterocycles. The van der Waals surface area contributed by atoms with Crippen LogP contribution in [0.15, 0.2) is 41.4 Å². The lowest BCUT2D eigenvalue weighted by molar-refractivity contribution is -0.137. The molecule has 0 N–H and O–H groups in total. The maximum absolute atomic E-state index is 11.5. The molecule has 0 unspecified atom stereocenters. The first-order chi connectivity index (χ1) is 8.70. The zero-order chi connectivity index (χ0) is 13.0. The second-order valence-electron chi connectivity index (χ2n) is 3.63. The van der Waals surface area contributed by atoms with Crippen molar-refractivity contribution in [1.29, 1.82) is 0 Å². The number of thioether (sulfide) groups is 1. The molecule has 1 aromatic rings. The number of benzene rings is 1. The minimum atomic E-state index is -0.421. The predicted molar refractivity (Wildman–Crippen MR) is 71.1 cm³/mol. The number of nitrogens with zero attached hydrogens (tertiary/aromatic N) is 1. The Hall–Kier alpha value is -1.75. The average molecular weight is 263 g/mol. The zero-order valence-corrected chi connectivity index (χ0v) is 10.8. The van der Waals surface area contributed by atoms with Gasteiger partial charge in [-0.05, 0) is 30.8 Å². The number of ether oxygens (including phenoxy) is 1. The van der Waals surface area contributed by atoms with E-state index in [1.54, 1.807) is 6.92 Å². The van der Waals surface area contributed by atoms with Crippen molar-refractivity contribution in [2.75, 3.05) is 18.1 Å². The topological polar surface area (TPSA) is 46.6 Å². The fourth-order valence-corrected chi connectivity index (χ4v) is 2.49. The second-order valence-corrected chi connectivity index (χ2v) is 4.71. The molecule has 1 heterocycles. The smallest absolute Gasteiger partial charge is 0.333 e. The summed E-state index contributed by atoms with van der Waals surface area (Å²) in [5, 5.41) is 0.638. The molecule has 0 radical (unpaired) electrons. The Balaban J connectivity index is 2.23. The van der Waals surface area contributed by atoms with Gasteiger partial charge in [0, 0.05) is 5.69 Å². The van der Waals surface area contributed by atoms with E-state index < -0.39 is 5.97 Å². The van der Waals surface area contributed by atoms with Gasteiger partial charge in [-0.1, -0.05) is 18.2 Å². The van der Waals surface area contributed by atoms with Gasteiger partial charge in [0.2, 0.25) is 5.12 Å². The highest BCUT2D eigenvalue weighted by molar-refractivity contribution is 8.17. The minimum Gasteiger partial charge on any atom is -0.463 e. The van der Waals surface area contributed by atoms with Crippen molar-refractivity contribution in [1.82, 2.24) is 0 Å². The van der Waals surface area contributed by atoms with Gasteiger partial charge in [0.25, 0.3) is 0 Å². The van der Waals surface area contributed by atoms with Crippen molar-refractivity contribution in [2.45, 2.75) is 6.92 Å². The van der Waals surface area contributed by atoms with Crippen LogP contribution < -0.4 is 4.90 Å². The van der Waals surface area contributed by atoms with Crippen LogP contribution in [0.2, 0.25) is 0 Å². The Kier molecular flexibility index (Phi) is 4.04. The van der Waals surface area contributed by atoms with Gasteiger partial charge in [-0.2, -0.15) is 0 Å². The van der Waals surface area contributed by atoms with E-state index in [0.717, 1.165) is 17.4 Å². The maximum atomic E-state index is 11.5. The van der Waals surface area contributed by atoms with E-state index in [4.69, 9.17) is 4.74 Å². The fourth-order valence-electron chi connectivity index (χ4n) is 1.63. The van der Waals surface area contributed by atoms with Crippen LogP contribution in [0.4, 0.5) is 5.69 Å². The van der Waals surface area contributed by atoms with Gasteiger partial charge in [0.15, 0.2) is 0 Å². The lowest BCUT2D eigenvalue weighted by Gasteiger charge is -2.17. The van der Waals surface area contributed by atoms with Crippen LogP contribution in [0.3, 0.4) is 0 Å². The first kappa shape index (κ1) is 12.7. The van der Waals surface area contributed by atoms with E-state index in [-0.39, 0.29) is 11.7 Å². The first-order valence-electron chi connectivity index (χ1n) is 5.62. The van der Waals surface area contributed by atoms with E-state index >= 15 is 0 Å². The van der Waals surface area contributed by atoms with Crippen molar-refractivity contribution in [2.24, 2.45) is 0 Å². The summed E-state index contributed by atoms with van der Waals surface area (Å²) < 4.78 is 4.86. The van der Waals surface area contributed by atoms with Crippen LogP contribution in [-0.2, 0) is 14.3 Å². The molecular formula is C13H13NO3S. The predicted octanol–water partition coefficient (Wildman–Crippen LogP) is 2.17. The van der Waals surface area contributed by atoms with Gasteiger partial charge < -0.3 is 9.64 Å². The molecule has 2 rings (SSSR count). The van der Waals surface area contributed by atoms with E-state index in [9.17, 15) is 9.59 Å². The Morgan fingerprint density at radius 3 is 2.83 bits per heavy atom. The highest BCUT2D eigenvalue weighted by Crippen LogP contribution is 2.33. The number of esters is 1. The first-order valence-corrected chi connectivity index (χ1v) is 6.44. The SMILES string of the molecule is CCOC(=O)C=C1SC(=O)CN1c1ccccc1. The van der Waals surface area contributed by atoms with Crippen LogP contribution in [0.25, 0.3) is 0 Å². The summed E-state index contributed by atoms with van der Waals surface area (Å²) in [5.74, 6) is -0.421. The summed E-state index contributed by atoms with van der Waals surface area (Å²) in [6.07, 6.45) is 1.37. The lowest BCUT2D eigenvalue weighted by atomic mass is 10.3. The fraction of sp³-hybridized carbons (Fsp3) is 0.231. The number of hydrogen-bond donors (Lipinski definition) is 0. The third kappa shape index (κ3) is 2.92. The standard InChI is InChI=1S/C13H13NO3S/c1-2-17-12(15)8-11-14(9-13(16)18-11)10-6-4-3-5-7-10/h3-8H,2,9H2,1H3. The normalized spacial score (nSPS) is 17.3. The third-order valence-electron chi connectivity index (χ3n) is 2.37. The number of para-hydroxylation sites is 1. The molecule has 4 nitrogen and oxygen atoms in total. The molecule has 1 aromatic carbocycles. The van der Waals surface area contributed by atoms with Gasteiger partial charge >= 0.3 is 5.97 Å². The highest BCUT2D eigenvalue weighted by atomic mass is 32.2. The molecule has 0 saturated carbocycles. The van der Waals surface area contributed by atoms with Gasteiger partial charge in [-0.3, -0.25) is 4.79 Å². The van der Waals surface area contributed by atoms with Gasteiger partial charge in [0.1, 0.15) is 0 Å². The quantitative estimate of drug-likeness (QED) is 0.618. The summed E-state index contributed by atoms with van der Waals surface area (Å²) in [6, 6.07) is 9.50. The van der Waals surface area contributed by atoms with Crippen LogP contribution in [0, 0.1) is 0 Å². The minimum absolute atomic E-state index is 0.0226. The molecule has 1 saturated heterocycles. The average Bonchev–Trinajstić information content (AvgIpc) is 2.71. The summed E-state index contributed by atoms with van der Waals surface area (Å²) in [5.41, 5.74) is 0.895. The molecule has 0 bridgehead atoms. The van der Waals surface area contributed by atoms with Gasteiger partial charge in [0.05, 0.1) is 24.3 Å². The van der Waals surface area contributed by atoms with Crippen molar-refractivity contribution < 1.29 is 14.3 Å². The van der Waals surface area contributed by atoms with Gasteiger partial charge in [-0.25, -0.2) is 4.79 Å². The molecule has 94 valence electrons. The van der Waals surface area contributed by atoms with E-state index in [2.05, 4.69) is 0 Å². The Morgan fingerprint density at radius 1 is 1.44 bits per heavy atom. The van der Waals surface area contributed by atoms with Crippen LogP contribution in [0.1, 0.15) is 6.92 Å². The molecular weight excluding hydrogens is 250 g/mol. The van der Waals surface area contributed by atoms with Crippen molar-refractivity contribution >= 4 is 28.5 Å². The highest BCUT2D eigenvalue weighted by Gasteiger charge is 2.27. The Morgan fingerprint density at radius 2 is 2.17 bits per heavy atom. The molecule has 1 aliphatic heterocycles. The molecule has 5 heteroatoms. The zero-order valence-electron chi connectivity index (χ0n) is 9.96. The van der Waals surface area contributed by atoms with E-state index in [1.807, 2.05) is 35.2 Å². The number of carbonyl (C=O) groups excluding carboxylic acids is 2. The summed E-state index contributed by atoms with van der Waals surface area (Å²) in [6.45, 7) is 2.35. The molecule has 0 spiro atoms. The van der Waals surface area contributed by atoms with Crippen LogP contribution in [0.5, 0.6) is 0 Å². The molecule has 18 heavy (non-hydrogen) atoms. The number of rotatable bonds is 3. The molecule has 0 amide bonds. The van der Waals surface area contributed by atoms with Crippen LogP contribution >= 0.6 is 11.8 Å². The number of hydrogen-bond acceptors (Lipinski definition) is 5. The second kappa shape index (κ2) is 5.73. The lowest BCUT2D eigenvalue weighted by Crippen LogP contribution is -2.19. The Labute approximate surface area is 110 Å². The van der Waals surface area contributed by atoms with Crippen molar-refractivity contribution in [3.05, 3.63) is 41.4 Å². The maximum Gasteiger partial charge on any atom is 0.333 e. The largest absolute Gasteiger partial charge is 0.463 e. The summed E-state index contributed by atoms with van der Waals surface area (Å²) in [7, 11) is 0. The monoisotopic (exact) mass is 263 g/mol. The van der Waals surface area contributed by atoms with Crippen molar-refractivity contribution in [3.8, 4) is 0 Å². The van der Waals surface area contributed by atoms with E-state index in [1.165, 1.54) is 6.08 Å². The van der Waals surface area contributed by atoms with Crippen molar-refractivity contribution in [3.63, 3.8) is 0 Å². The molecule has 0 aliphatic carbocycles. The van der Waals surface area contributed by atoms with Crippen LogP contribution in [-0.4, -0.2) is 24.2 Å². The summed E-state index contributed by atoms with van der Waals surface area (Å²) in [4.78, 5) is 24.7. The Bertz CT molecular complexity index is 484. The van der Waals surface area contributed by atoms with Gasteiger partial charge in [-0.15, -0.1) is 0 Å².